The number of carbonyl (C=O) groups is 2. The van der Waals surface area contributed by atoms with Crippen LogP contribution in [0.4, 0.5) is 0 Å². The Morgan fingerprint density at radius 2 is 1.45 bits per heavy atom. The Kier molecular flexibility index (Phi) is 7.35. The minimum atomic E-state index is -0.249. The molecule has 0 amide bonds. The second-order valence-corrected chi connectivity index (χ2v) is 4.41. The maximum Gasteiger partial charge on any atom is 0.306 e. The van der Waals surface area contributed by atoms with Crippen molar-refractivity contribution in [3.63, 3.8) is 0 Å². The van der Waals surface area contributed by atoms with Gasteiger partial charge in [0.2, 0.25) is 0 Å². The highest BCUT2D eigenvalue weighted by atomic mass is 16.5. The topological polar surface area (TPSA) is 55.8 Å². The van der Waals surface area contributed by atoms with Crippen LogP contribution in [-0.4, -0.2) is 44.1 Å². The van der Waals surface area contributed by atoms with Gasteiger partial charge in [-0.1, -0.05) is 30.3 Å². The van der Waals surface area contributed by atoms with Crippen LogP contribution < -0.4 is 0 Å². The van der Waals surface area contributed by atoms with Gasteiger partial charge in [0.1, 0.15) is 0 Å². The van der Waals surface area contributed by atoms with Crippen molar-refractivity contribution in [3.8, 4) is 0 Å². The number of rotatable bonds is 8. The van der Waals surface area contributed by atoms with Crippen molar-refractivity contribution in [3.05, 3.63) is 35.9 Å². The van der Waals surface area contributed by atoms with Crippen LogP contribution >= 0.6 is 0 Å². The van der Waals surface area contributed by atoms with E-state index in [1.807, 2.05) is 35.2 Å². The fraction of sp³-hybridized carbons (Fsp3) is 0.467. The van der Waals surface area contributed by atoms with Crippen LogP contribution in [0.5, 0.6) is 0 Å². The highest BCUT2D eigenvalue weighted by Gasteiger charge is 2.11. The third-order valence-electron chi connectivity index (χ3n) is 2.97. The molecular weight excluding hydrogens is 258 g/mol. The number of benzene rings is 1. The third kappa shape index (κ3) is 6.33. The summed E-state index contributed by atoms with van der Waals surface area (Å²) in [6.07, 6.45) is 0.620. The number of carbonyl (C=O) groups excluding carboxylic acids is 2. The molecule has 1 aromatic carbocycles. The Balaban J connectivity index is 2.53. The molecule has 0 N–H and O–H groups in total. The molecule has 0 atom stereocenters. The number of esters is 2. The molecule has 0 spiro atoms. The summed E-state index contributed by atoms with van der Waals surface area (Å²) in [6.45, 7) is 1.80. The van der Waals surface area contributed by atoms with Crippen molar-refractivity contribution in [1.82, 2.24) is 4.90 Å². The molecule has 1 rings (SSSR count). The first-order chi connectivity index (χ1) is 9.65. The third-order valence-corrected chi connectivity index (χ3v) is 2.97. The predicted octanol–water partition coefficient (Wildman–Crippen LogP) is 1.61. The fourth-order valence-corrected chi connectivity index (χ4v) is 1.81. The van der Waals surface area contributed by atoms with Crippen LogP contribution in [0.3, 0.4) is 0 Å². The maximum absolute atomic E-state index is 11.2. The molecule has 5 heteroatoms. The minimum absolute atomic E-state index is 0.249. The molecule has 0 fully saturated rings. The van der Waals surface area contributed by atoms with E-state index in [1.54, 1.807) is 0 Å². The molecule has 5 nitrogen and oxygen atoms in total. The lowest BCUT2D eigenvalue weighted by molar-refractivity contribution is -0.141. The van der Waals surface area contributed by atoms with Crippen LogP contribution in [-0.2, 0) is 25.6 Å². The molecule has 20 heavy (non-hydrogen) atoms. The first-order valence-electron chi connectivity index (χ1n) is 6.55. The van der Waals surface area contributed by atoms with Gasteiger partial charge in [0, 0.05) is 19.6 Å². The van der Waals surface area contributed by atoms with Gasteiger partial charge in [0.05, 0.1) is 27.1 Å². The monoisotopic (exact) mass is 279 g/mol. The lowest BCUT2D eigenvalue weighted by Gasteiger charge is -2.21. The molecular formula is C15H21NO4. The Morgan fingerprint density at radius 3 is 1.90 bits per heavy atom. The van der Waals surface area contributed by atoms with Crippen molar-refractivity contribution in [1.29, 1.82) is 0 Å². The van der Waals surface area contributed by atoms with Crippen LogP contribution in [0.25, 0.3) is 0 Å². The molecule has 0 aliphatic rings. The van der Waals surface area contributed by atoms with E-state index in [1.165, 1.54) is 14.2 Å². The summed E-state index contributed by atoms with van der Waals surface area (Å²) in [5.74, 6) is -0.498. The molecule has 0 heterocycles. The fourth-order valence-electron chi connectivity index (χ4n) is 1.81. The molecule has 0 aliphatic carbocycles. The summed E-state index contributed by atoms with van der Waals surface area (Å²) < 4.78 is 9.28. The highest BCUT2D eigenvalue weighted by molar-refractivity contribution is 5.70. The Labute approximate surface area is 119 Å². The molecule has 0 bridgehead atoms. The first-order valence-corrected chi connectivity index (χ1v) is 6.55. The second-order valence-electron chi connectivity index (χ2n) is 4.41. The van der Waals surface area contributed by atoms with E-state index in [9.17, 15) is 9.59 Å². The molecule has 1 aromatic rings. The van der Waals surface area contributed by atoms with Gasteiger partial charge < -0.3 is 9.47 Å². The number of hydrogen-bond acceptors (Lipinski definition) is 5. The van der Waals surface area contributed by atoms with Crippen molar-refractivity contribution < 1.29 is 19.1 Å². The average molecular weight is 279 g/mol. The molecule has 0 saturated carbocycles. The summed E-state index contributed by atoms with van der Waals surface area (Å²) >= 11 is 0. The van der Waals surface area contributed by atoms with Gasteiger partial charge >= 0.3 is 11.9 Å². The van der Waals surface area contributed by atoms with Gasteiger partial charge in [-0.25, -0.2) is 0 Å². The molecule has 110 valence electrons. The van der Waals surface area contributed by atoms with Crippen LogP contribution in [0, 0.1) is 0 Å². The molecule has 0 radical (unpaired) electrons. The number of nitrogens with zero attached hydrogens (tertiary/aromatic N) is 1. The van der Waals surface area contributed by atoms with E-state index in [4.69, 9.17) is 0 Å². The Bertz CT molecular complexity index is 399. The van der Waals surface area contributed by atoms with Gasteiger partial charge in [-0.05, 0) is 5.56 Å². The number of hydrogen-bond donors (Lipinski definition) is 0. The standard InChI is InChI=1S/C15H21NO4/c1-19-14(17)8-10-16(11-9-15(18)20-2)12-13-6-4-3-5-7-13/h3-7H,8-12H2,1-2H3. The Morgan fingerprint density at radius 1 is 0.950 bits per heavy atom. The smallest absolute Gasteiger partial charge is 0.306 e. The largest absolute Gasteiger partial charge is 0.469 e. The van der Waals surface area contributed by atoms with Gasteiger partial charge in [-0.2, -0.15) is 0 Å². The minimum Gasteiger partial charge on any atom is -0.469 e. The van der Waals surface area contributed by atoms with Crippen molar-refractivity contribution in [2.24, 2.45) is 0 Å². The second kappa shape index (κ2) is 9.09. The van der Waals surface area contributed by atoms with Gasteiger partial charge in [0.15, 0.2) is 0 Å². The summed E-state index contributed by atoms with van der Waals surface area (Å²) in [4.78, 5) is 24.5. The Hall–Kier alpha value is -1.88. The van der Waals surface area contributed by atoms with Crippen LogP contribution in [0.1, 0.15) is 18.4 Å². The van der Waals surface area contributed by atoms with Gasteiger partial charge in [0.25, 0.3) is 0 Å². The van der Waals surface area contributed by atoms with Gasteiger partial charge in [-0.15, -0.1) is 0 Å². The van der Waals surface area contributed by atoms with E-state index in [-0.39, 0.29) is 11.9 Å². The normalized spacial score (nSPS) is 10.3. The zero-order valence-electron chi connectivity index (χ0n) is 12.0. The molecule has 0 aliphatic heterocycles. The van der Waals surface area contributed by atoms with E-state index >= 15 is 0 Å². The number of methoxy groups -OCH3 is 2. The number of ether oxygens (including phenoxy) is 2. The van der Waals surface area contributed by atoms with Crippen LogP contribution in [0.2, 0.25) is 0 Å². The molecule has 0 saturated heterocycles. The zero-order valence-corrected chi connectivity index (χ0v) is 12.0. The molecule has 0 unspecified atom stereocenters. The average Bonchev–Trinajstić information content (AvgIpc) is 2.50. The van der Waals surface area contributed by atoms with E-state index < -0.39 is 0 Å². The lowest BCUT2D eigenvalue weighted by atomic mass is 10.2. The van der Waals surface area contributed by atoms with E-state index in [2.05, 4.69) is 9.47 Å². The van der Waals surface area contributed by atoms with Crippen molar-refractivity contribution in [2.45, 2.75) is 19.4 Å². The van der Waals surface area contributed by atoms with Crippen molar-refractivity contribution >= 4 is 11.9 Å². The van der Waals surface area contributed by atoms with Gasteiger partial charge in [-0.3, -0.25) is 14.5 Å². The quantitative estimate of drug-likeness (QED) is 0.677. The SMILES string of the molecule is COC(=O)CCN(CCC(=O)OC)Cc1ccccc1. The zero-order chi connectivity index (χ0) is 14.8. The summed E-state index contributed by atoms with van der Waals surface area (Å²) in [5, 5.41) is 0. The summed E-state index contributed by atoms with van der Waals surface area (Å²) in [7, 11) is 2.75. The molecule has 0 aromatic heterocycles. The summed E-state index contributed by atoms with van der Waals surface area (Å²) in [5.41, 5.74) is 1.14. The first kappa shape index (κ1) is 16.2. The van der Waals surface area contributed by atoms with E-state index in [0.717, 1.165) is 5.56 Å². The van der Waals surface area contributed by atoms with Crippen molar-refractivity contribution in [2.75, 3.05) is 27.3 Å². The predicted molar refractivity (Wildman–Crippen MR) is 75.0 cm³/mol. The lowest BCUT2D eigenvalue weighted by Crippen LogP contribution is -2.29. The highest BCUT2D eigenvalue weighted by Crippen LogP contribution is 2.06. The van der Waals surface area contributed by atoms with E-state index in [0.29, 0.717) is 32.5 Å². The summed E-state index contributed by atoms with van der Waals surface area (Å²) in [6, 6.07) is 9.92. The van der Waals surface area contributed by atoms with Crippen LogP contribution in [0.15, 0.2) is 30.3 Å². The maximum atomic E-state index is 11.2.